The number of nitrogens with one attached hydrogen (secondary N) is 2. The van der Waals surface area contributed by atoms with E-state index in [0.717, 1.165) is 49.9 Å². The van der Waals surface area contributed by atoms with Gasteiger partial charge in [0.1, 0.15) is 5.82 Å². The second kappa shape index (κ2) is 5.80. The molecule has 1 aromatic rings. The molecule has 16 heavy (non-hydrogen) atoms. The van der Waals surface area contributed by atoms with Gasteiger partial charge in [0.2, 0.25) is 0 Å². The number of rotatable bonds is 5. The molecule has 1 aromatic heterocycles. The molecule has 1 unspecified atom stereocenters. The number of nitrogens with zero attached hydrogens (tertiary/aromatic N) is 2. The average molecular weight is 220 g/mol. The summed E-state index contributed by atoms with van der Waals surface area (Å²) in [5.41, 5.74) is 1.08. The van der Waals surface area contributed by atoms with Gasteiger partial charge in [-0.05, 0) is 44.0 Å². The smallest absolute Gasteiger partial charge is 0.148 e. The van der Waals surface area contributed by atoms with E-state index in [2.05, 4.69) is 33.8 Å². The van der Waals surface area contributed by atoms with Crippen molar-refractivity contribution in [2.75, 3.05) is 25.0 Å². The van der Waals surface area contributed by atoms with Crippen molar-refractivity contribution in [2.24, 2.45) is 5.92 Å². The Labute approximate surface area is 96.9 Å². The first kappa shape index (κ1) is 11.3. The second-order valence-corrected chi connectivity index (χ2v) is 4.40. The van der Waals surface area contributed by atoms with Gasteiger partial charge in [-0.25, -0.2) is 0 Å². The Hall–Kier alpha value is -1.16. The zero-order valence-corrected chi connectivity index (χ0v) is 9.87. The molecule has 2 rings (SSSR count). The van der Waals surface area contributed by atoms with Gasteiger partial charge in [-0.1, -0.05) is 13.3 Å². The monoisotopic (exact) mass is 220 g/mol. The van der Waals surface area contributed by atoms with Crippen LogP contribution >= 0.6 is 0 Å². The fourth-order valence-electron chi connectivity index (χ4n) is 1.98. The van der Waals surface area contributed by atoms with Crippen LogP contribution in [0, 0.1) is 5.92 Å². The van der Waals surface area contributed by atoms with E-state index >= 15 is 0 Å². The molecule has 1 aliphatic rings. The highest BCUT2D eigenvalue weighted by molar-refractivity contribution is 5.32. The van der Waals surface area contributed by atoms with Gasteiger partial charge in [0.15, 0.2) is 0 Å². The van der Waals surface area contributed by atoms with Crippen molar-refractivity contribution in [1.29, 1.82) is 0 Å². The van der Waals surface area contributed by atoms with E-state index in [1.165, 1.54) is 6.42 Å². The summed E-state index contributed by atoms with van der Waals surface area (Å²) in [6, 6.07) is 4.09. The molecule has 0 spiro atoms. The lowest BCUT2D eigenvalue weighted by Crippen LogP contribution is -2.17. The fourth-order valence-corrected chi connectivity index (χ4v) is 1.98. The van der Waals surface area contributed by atoms with Crippen molar-refractivity contribution in [2.45, 2.75) is 26.2 Å². The van der Waals surface area contributed by atoms with Crippen LogP contribution < -0.4 is 10.6 Å². The van der Waals surface area contributed by atoms with Crippen molar-refractivity contribution in [3.63, 3.8) is 0 Å². The Kier molecular flexibility index (Phi) is 4.10. The molecule has 1 atom stereocenters. The molecule has 4 nitrogen and oxygen atoms in total. The number of aryl methyl sites for hydroxylation is 1. The number of anilines is 1. The topological polar surface area (TPSA) is 49.8 Å². The molecule has 0 aromatic carbocycles. The Morgan fingerprint density at radius 1 is 1.44 bits per heavy atom. The minimum absolute atomic E-state index is 0.733. The van der Waals surface area contributed by atoms with E-state index in [9.17, 15) is 0 Å². The highest BCUT2D eigenvalue weighted by Gasteiger charge is 2.13. The molecule has 0 amide bonds. The van der Waals surface area contributed by atoms with E-state index in [1.54, 1.807) is 0 Å². The molecule has 2 N–H and O–H groups in total. The minimum atomic E-state index is 0.733. The Bertz CT molecular complexity index is 303. The Morgan fingerprint density at radius 2 is 2.38 bits per heavy atom. The maximum atomic E-state index is 4.19. The molecule has 2 heterocycles. The normalized spacial score (nSPS) is 19.9. The molecular weight excluding hydrogens is 200 g/mol. The zero-order chi connectivity index (χ0) is 11.2. The van der Waals surface area contributed by atoms with Gasteiger partial charge < -0.3 is 10.6 Å². The summed E-state index contributed by atoms with van der Waals surface area (Å²) in [7, 11) is 0. The van der Waals surface area contributed by atoms with Crippen LogP contribution in [0.25, 0.3) is 0 Å². The van der Waals surface area contributed by atoms with Crippen molar-refractivity contribution in [3.8, 4) is 0 Å². The average Bonchev–Trinajstić information content (AvgIpc) is 2.82. The lowest BCUT2D eigenvalue weighted by molar-refractivity contribution is 0.613. The molecule has 88 valence electrons. The molecule has 0 radical (unpaired) electrons. The third-order valence-corrected chi connectivity index (χ3v) is 2.96. The van der Waals surface area contributed by atoms with E-state index in [0.29, 0.717) is 0 Å². The van der Waals surface area contributed by atoms with Gasteiger partial charge in [0, 0.05) is 6.54 Å². The minimum Gasteiger partial charge on any atom is -0.368 e. The molecule has 1 saturated heterocycles. The fraction of sp³-hybridized carbons (Fsp3) is 0.667. The van der Waals surface area contributed by atoms with Gasteiger partial charge in [-0.2, -0.15) is 5.10 Å². The molecule has 1 aliphatic heterocycles. The number of hydrogen-bond donors (Lipinski definition) is 2. The van der Waals surface area contributed by atoms with Crippen LogP contribution in [-0.4, -0.2) is 29.8 Å². The van der Waals surface area contributed by atoms with Crippen LogP contribution in [0.15, 0.2) is 12.1 Å². The number of aromatic nitrogens is 2. The van der Waals surface area contributed by atoms with E-state index in [1.807, 2.05) is 6.07 Å². The van der Waals surface area contributed by atoms with Gasteiger partial charge in [-0.3, -0.25) is 0 Å². The van der Waals surface area contributed by atoms with Crippen LogP contribution in [0.3, 0.4) is 0 Å². The number of hydrogen-bond acceptors (Lipinski definition) is 4. The summed E-state index contributed by atoms with van der Waals surface area (Å²) in [5, 5.41) is 15.1. The van der Waals surface area contributed by atoms with Crippen molar-refractivity contribution in [3.05, 3.63) is 17.8 Å². The molecule has 0 saturated carbocycles. The molecule has 1 fully saturated rings. The summed E-state index contributed by atoms with van der Waals surface area (Å²) in [6.07, 6.45) is 3.39. The van der Waals surface area contributed by atoms with E-state index < -0.39 is 0 Å². The maximum absolute atomic E-state index is 4.19. The first-order valence-electron chi connectivity index (χ1n) is 6.15. The first-order valence-corrected chi connectivity index (χ1v) is 6.15. The predicted octanol–water partition coefficient (Wildman–Crippen LogP) is 1.45. The maximum Gasteiger partial charge on any atom is 0.148 e. The molecule has 4 heteroatoms. The van der Waals surface area contributed by atoms with E-state index in [4.69, 9.17) is 0 Å². The van der Waals surface area contributed by atoms with Crippen molar-refractivity contribution < 1.29 is 0 Å². The molecular formula is C12H20N4. The highest BCUT2D eigenvalue weighted by Crippen LogP contribution is 2.09. The van der Waals surface area contributed by atoms with Gasteiger partial charge in [-0.15, -0.1) is 5.10 Å². The summed E-state index contributed by atoms with van der Waals surface area (Å²) in [6.45, 7) is 5.41. The standard InChI is InChI=1S/C12H20N4/c1-2-3-11-4-5-12(16-15-11)14-9-10-6-7-13-8-10/h4-5,10,13H,2-3,6-9H2,1H3,(H,14,16). The lowest BCUT2D eigenvalue weighted by atomic mass is 10.1. The van der Waals surface area contributed by atoms with Gasteiger partial charge >= 0.3 is 0 Å². The largest absolute Gasteiger partial charge is 0.368 e. The van der Waals surface area contributed by atoms with Crippen molar-refractivity contribution >= 4 is 5.82 Å². The highest BCUT2D eigenvalue weighted by atomic mass is 15.2. The third-order valence-electron chi connectivity index (χ3n) is 2.96. The van der Waals surface area contributed by atoms with E-state index in [-0.39, 0.29) is 0 Å². The van der Waals surface area contributed by atoms with Crippen LogP contribution in [0.1, 0.15) is 25.5 Å². The zero-order valence-electron chi connectivity index (χ0n) is 9.87. The summed E-state index contributed by atoms with van der Waals surface area (Å²) in [5.74, 6) is 1.63. The van der Waals surface area contributed by atoms with Crippen LogP contribution in [0.5, 0.6) is 0 Å². The summed E-state index contributed by atoms with van der Waals surface area (Å²) >= 11 is 0. The molecule has 0 aliphatic carbocycles. The molecule has 0 bridgehead atoms. The lowest BCUT2D eigenvalue weighted by Gasteiger charge is -2.10. The SMILES string of the molecule is CCCc1ccc(NCC2CCNC2)nn1. The quantitative estimate of drug-likeness (QED) is 0.788. The van der Waals surface area contributed by atoms with Crippen LogP contribution in [-0.2, 0) is 6.42 Å². The van der Waals surface area contributed by atoms with Crippen molar-refractivity contribution in [1.82, 2.24) is 15.5 Å². The van der Waals surface area contributed by atoms with Gasteiger partial charge in [0.25, 0.3) is 0 Å². The summed E-state index contributed by atoms with van der Waals surface area (Å²) < 4.78 is 0. The first-order chi connectivity index (χ1) is 7.88. The second-order valence-electron chi connectivity index (χ2n) is 4.40. The Morgan fingerprint density at radius 3 is 3.00 bits per heavy atom. The Balaban J connectivity index is 1.80. The predicted molar refractivity (Wildman–Crippen MR) is 65.5 cm³/mol. The van der Waals surface area contributed by atoms with Gasteiger partial charge in [0.05, 0.1) is 5.69 Å². The van der Waals surface area contributed by atoms with Crippen LogP contribution in [0.2, 0.25) is 0 Å². The summed E-state index contributed by atoms with van der Waals surface area (Å²) in [4.78, 5) is 0. The van der Waals surface area contributed by atoms with Crippen LogP contribution in [0.4, 0.5) is 5.82 Å². The third kappa shape index (κ3) is 3.17.